The lowest BCUT2D eigenvalue weighted by molar-refractivity contribution is 0.0974. The average Bonchev–Trinajstić information content (AvgIpc) is 2.99. The van der Waals surface area contributed by atoms with Crippen molar-refractivity contribution in [3.05, 3.63) is 54.1 Å². The first-order valence-electron chi connectivity index (χ1n) is 7.94. The average molecular weight is 323 g/mol. The van der Waals surface area contributed by atoms with Gasteiger partial charge in [0.15, 0.2) is 5.78 Å². The van der Waals surface area contributed by atoms with Gasteiger partial charge in [0.25, 0.3) is 0 Å². The Morgan fingerprint density at radius 3 is 2.46 bits per heavy atom. The van der Waals surface area contributed by atoms with Crippen molar-refractivity contribution in [1.82, 2.24) is 4.90 Å². The lowest BCUT2D eigenvalue weighted by atomic mass is 10.00. The van der Waals surface area contributed by atoms with Gasteiger partial charge in [-0.05, 0) is 44.4 Å². The van der Waals surface area contributed by atoms with E-state index < -0.39 is 0 Å². The van der Waals surface area contributed by atoms with E-state index in [0.717, 1.165) is 22.3 Å². The molecule has 0 amide bonds. The van der Waals surface area contributed by atoms with Crippen LogP contribution in [-0.2, 0) is 0 Å². The number of ketones is 1. The lowest BCUT2D eigenvalue weighted by Crippen LogP contribution is -2.16. The zero-order valence-corrected chi connectivity index (χ0v) is 14.2. The van der Waals surface area contributed by atoms with Gasteiger partial charge >= 0.3 is 0 Å². The molecule has 1 aromatic heterocycles. The first-order valence-corrected chi connectivity index (χ1v) is 7.94. The second kappa shape index (κ2) is 6.89. The second-order valence-corrected chi connectivity index (χ2v) is 6.01. The summed E-state index contributed by atoms with van der Waals surface area (Å²) >= 11 is 0. The van der Waals surface area contributed by atoms with Crippen molar-refractivity contribution in [2.24, 2.45) is 0 Å². The summed E-state index contributed by atoms with van der Waals surface area (Å²) in [5.74, 6) is 1.50. The van der Waals surface area contributed by atoms with E-state index in [1.165, 1.54) is 0 Å². The van der Waals surface area contributed by atoms with Gasteiger partial charge in [0.1, 0.15) is 17.1 Å². The molecule has 0 N–H and O–H groups in total. The quantitative estimate of drug-likeness (QED) is 0.636. The molecule has 0 saturated heterocycles. The number of ether oxygens (including phenoxy) is 1. The molecule has 0 bridgehead atoms. The SMILES string of the molecule is COc1ccc(-c2oc3ccccc3c2C(=O)CCN(C)C)cc1. The number of rotatable bonds is 6. The molecule has 1 heterocycles. The van der Waals surface area contributed by atoms with Crippen molar-refractivity contribution in [2.45, 2.75) is 6.42 Å². The van der Waals surface area contributed by atoms with Gasteiger partial charge in [-0.1, -0.05) is 18.2 Å². The highest BCUT2D eigenvalue weighted by molar-refractivity contribution is 6.12. The van der Waals surface area contributed by atoms with Crippen LogP contribution in [0.15, 0.2) is 52.9 Å². The minimum absolute atomic E-state index is 0.0967. The number of hydrogen-bond donors (Lipinski definition) is 0. The number of carbonyl (C=O) groups excluding carboxylic acids is 1. The van der Waals surface area contributed by atoms with Gasteiger partial charge in [0, 0.05) is 23.9 Å². The molecule has 4 nitrogen and oxygen atoms in total. The van der Waals surface area contributed by atoms with Gasteiger partial charge in [-0.15, -0.1) is 0 Å². The Bertz CT molecular complexity index is 847. The summed E-state index contributed by atoms with van der Waals surface area (Å²) in [6.45, 7) is 0.709. The van der Waals surface area contributed by atoms with Crippen molar-refractivity contribution < 1.29 is 13.9 Å². The Morgan fingerprint density at radius 1 is 1.08 bits per heavy atom. The molecule has 124 valence electrons. The maximum absolute atomic E-state index is 12.8. The van der Waals surface area contributed by atoms with E-state index in [4.69, 9.17) is 9.15 Å². The number of nitrogens with zero attached hydrogens (tertiary/aromatic N) is 1. The van der Waals surface area contributed by atoms with E-state index in [1.807, 2.05) is 67.5 Å². The van der Waals surface area contributed by atoms with Crippen LogP contribution in [0.25, 0.3) is 22.3 Å². The Labute approximate surface area is 141 Å². The Balaban J connectivity index is 2.08. The summed E-state index contributed by atoms with van der Waals surface area (Å²) < 4.78 is 11.2. The molecule has 3 aromatic rings. The zero-order valence-electron chi connectivity index (χ0n) is 14.2. The van der Waals surface area contributed by atoms with E-state index in [9.17, 15) is 4.79 Å². The second-order valence-electron chi connectivity index (χ2n) is 6.01. The van der Waals surface area contributed by atoms with Crippen molar-refractivity contribution in [3.8, 4) is 17.1 Å². The third-order valence-electron chi connectivity index (χ3n) is 4.01. The number of hydrogen-bond acceptors (Lipinski definition) is 4. The molecule has 0 aliphatic carbocycles. The molecule has 0 spiro atoms. The minimum atomic E-state index is 0.0967. The van der Waals surface area contributed by atoms with Gasteiger partial charge in [0.05, 0.1) is 12.7 Å². The lowest BCUT2D eigenvalue weighted by Gasteiger charge is -2.09. The zero-order chi connectivity index (χ0) is 17.1. The van der Waals surface area contributed by atoms with Crippen molar-refractivity contribution >= 4 is 16.8 Å². The van der Waals surface area contributed by atoms with Gasteiger partial charge in [-0.3, -0.25) is 4.79 Å². The fraction of sp³-hybridized carbons (Fsp3) is 0.250. The number of methoxy groups -OCH3 is 1. The predicted molar refractivity (Wildman–Crippen MR) is 95.7 cm³/mol. The van der Waals surface area contributed by atoms with Crippen LogP contribution in [0, 0.1) is 0 Å². The number of carbonyl (C=O) groups is 1. The number of fused-ring (bicyclic) bond motifs is 1. The predicted octanol–water partition coefficient (Wildman–Crippen LogP) is 4.24. The first-order chi connectivity index (χ1) is 11.6. The molecular formula is C20H21NO3. The van der Waals surface area contributed by atoms with Crippen LogP contribution in [0.5, 0.6) is 5.75 Å². The summed E-state index contributed by atoms with van der Waals surface area (Å²) in [5, 5.41) is 0.868. The standard InChI is InChI=1S/C20H21NO3/c1-21(2)13-12-17(22)19-16-6-4-5-7-18(16)24-20(19)14-8-10-15(23-3)11-9-14/h4-11H,12-13H2,1-3H3. The van der Waals surface area contributed by atoms with E-state index in [1.54, 1.807) is 7.11 Å². The highest BCUT2D eigenvalue weighted by Gasteiger charge is 2.21. The number of Topliss-reactive ketones (excluding diaryl/α,β-unsaturated/α-hetero) is 1. The molecule has 0 atom stereocenters. The van der Waals surface area contributed by atoms with Gasteiger partial charge in [-0.25, -0.2) is 0 Å². The van der Waals surface area contributed by atoms with Crippen molar-refractivity contribution in [2.75, 3.05) is 27.7 Å². The third-order valence-corrected chi connectivity index (χ3v) is 4.01. The Kier molecular flexibility index (Phi) is 4.67. The summed E-state index contributed by atoms with van der Waals surface area (Å²) in [7, 11) is 5.56. The third kappa shape index (κ3) is 3.19. The van der Waals surface area contributed by atoms with Crippen LogP contribution >= 0.6 is 0 Å². The molecule has 0 aliphatic heterocycles. The smallest absolute Gasteiger partial charge is 0.168 e. The largest absolute Gasteiger partial charge is 0.497 e. The number of para-hydroxylation sites is 1. The molecule has 4 heteroatoms. The molecule has 0 saturated carbocycles. The Hall–Kier alpha value is -2.59. The van der Waals surface area contributed by atoms with Crippen LogP contribution in [0.2, 0.25) is 0 Å². The number of furan rings is 1. The topological polar surface area (TPSA) is 42.7 Å². The maximum atomic E-state index is 12.8. The molecule has 2 aromatic carbocycles. The molecule has 0 aliphatic rings. The Morgan fingerprint density at radius 2 is 1.79 bits per heavy atom. The van der Waals surface area contributed by atoms with Gasteiger partial charge in [0.2, 0.25) is 0 Å². The highest BCUT2D eigenvalue weighted by atomic mass is 16.5. The van der Waals surface area contributed by atoms with Crippen LogP contribution in [0.3, 0.4) is 0 Å². The van der Waals surface area contributed by atoms with Crippen molar-refractivity contribution in [3.63, 3.8) is 0 Å². The molecule has 0 fully saturated rings. The minimum Gasteiger partial charge on any atom is -0.497 e. The van der Waals surface area contributed by atoms with E-state index in [-0.39, 0.29) is 5.78 Å². The summed E-state index contributed by atoms with van der Waals surface area (Å²) in [6, 6.07) is 15.3. The number of benzene rings is 2. The fourth-order valence-corrected chi connectivity index (χ4v) is 2.72. The monoisotopic (exact) mass is 323 g/mol. The van der Waals surface area contributed by atoms with Crippen LogP contribution in [0.1, 0.15) is 16.8 Å². The van der Waals surface area contributed by atoms with Crippen LogP contribution < -0.4 is 4.74 Å². The maximum Gasteiger partial charge on any atom is 0.168 e. The van der Waals surface area contributed by atoms with Gasteiger partial charge in [-0.2, -0.15) is 0 Å². The summed E-state index contributed by atoms with van der Waals surface area (Å²) in [4.78, 5) is 14.8. The van der Waals surface area contributed by atoms with Crippen LogP contribution in [-0.4, -0.2) is 38.4 Å². The molecule has 0 radical (unpaired) electrons. The molecule has 0 unspecified atom stereocenters. The summed E-state index contributed by atoms with van der Waals surface area (Å²) in [5.41, 5.74) is 2.27. The normalized spacial score (nSPS) is 11.2. The van der Waals surface area contributed by atoms with Gasteiger partial charge < -0.3 is 14.1 Å². The van der Waals surface area contributed by atoms with Crippen LogP contribution in [0.4, 0.5) is 0 Å². The van der Waals surface area contributed by atoms with E-state index in [0.29, 0.717) is 24.3 Å². The highest BCUT2D eigenvalue weighted by Crippen LogP contribution is 2.35. The molecule has 24 heavy (non-hydrogen) atoms. The summed E-state index contributed by atoms with van der Waals surface area (Å²) in [6.07, 6.45) is 0.458. The van der Waals surface area contributed by atoms with Crippen molar-refractivity contribution in [1.29, 1.82) is 0 Å². The molecule has 3 rings (SSSR count). The van der Waals surface area contributed by atoms with E-state index >= 15 is 0 Å². The first kappa shape index (κ1) is 16.3. The van der Waals surface area contributed by atoms with E-state index in [2.05, 4.69) is 0 Å². The fourth-order valence-electron chi connectivity index (χ4n) is 2.72. The molecular weight excluding hydrogens is 302 g/mol.